The summed E-state index contributed by atoms with van der Waals surface area (Å²) in [7, 11) is 3.55. The van der Waals surface area contributed by atoms with E-state index in [1.807, 2.05) is 0 Å². The summed E-state index contributed by atoms with van der Waals surface area (Å²) < 4.78 is 10.5. The number of hydrogen-bond acceptors (Lipinski definition) is 4. The molecule has 0 heterocycles. The van der Waals surface area contributed by atoms with Gasteiger partial charge in [0.05, 0.1) is 6.61 Å². The van der Waals surface area contributed by atoms with Gasteiger partial charge < -0.3 is 15.2 Å². The summed E-state index contributed by atoms with van der Waals surface area (Å²) in [6, 6.07) is 0. The molecule has 0 amide bonds. The van der Waals surface area contributed by atoms with Gasteiger partial charge in [0.25, 0.3) is 0 Å². The maximum absolute atomic E-state index is 6.26. The van der Waals surface area contributed by atoms with Crippen LogP contribution in [0.2, 0.25) is 0 Å². The Bertz CT molecular complexity index is 263. The van der Waals surface area contributed by atoms with Crippen molar-refractivity contribution in [1.82, 2.24) is 4.90 Å². The van der Waals surface area contributed by atoms with Gasteiger partial charge in [0.15, 0.2) is 0 Å². The van der Waals surface area contributed by atoms with E-state index in [0.29, 0.717) is 0 Å². The second-order valence-corrected chi connectivity index (χ2v) is 6.46. The minimum absolute atomic E-state index is 0.177. The van der Waals surface area contributed by atoms with Crippen molar-refractivity contribution in [3.05, 3.63) is 0 Å². The zero-order chi connectivity index (χ0) is 15.6. The Balaban J connectivity index is 2.71. The van der Waals surface area contributed by atoms with Crippen LogP contribution in [0.3, 0.4) is 0 Å². The van der Waals surface area contributed by atoms with E-state index in [4.69, 9.17) is 15.2 Å². The molecule has 0 radical (unpaired) electrons. The smallest absolute Gasteiger partial charge is 0.0589 e. The first-order chi connectivity index (χ1) is 10.2. The highest BCUT2D eigenvalue weighted by Crippen LogP contribution is 2.35. The summed E-state index contributed by atoms with van der Waals surface area (Å²) in [5, 5.41) is 0. The molecule has 21 heavy (non-hydrogen) atoms. The molecule has 0 saturated heterocycles. The molecule has 126 valence electrons. The van der Waals surface area contributed by atoms with Crippen molar-refractivity contribution in [2.45, 2.75) is 57.4 Å². The van der Waals surface area contributed by atoms with E-state index >= 15 is 0 Å². The highest BCUT2D eigenvalue weighted by Gasteiger charge is 2.36. The summed E-state index contributed by atoms with van der Waals surface area (Å²) in [6.45, 7) is 6.73. The van der Waals surface area contributed by atoms with Gasteiger partial charge in [-0.05, 0) is 31.6 Å². The van der Waals surface area contributed by atoms with Crippen LogP contribution in [0.4, 0.5) is 0 Å². The molecule has 2 atom stereocenters. The van der Waals surface area contributed by atoms with E-state index in [1.165, 1.54) is 38.5 Å². The van der Waals surface area contributed by atoms with Gasteiger partial charge in [0, 0.05) is 46.0 Å². The summed E-state index contributed by atoms with van der Waals surface area (Å²) in [6.07, 6.45) is 8.84. The van der Waals surface area contributed by atoms with Crippen molar-refractivity contribution in [3.8, 4) is 0 Å². The van der Waals surface area contributed by atoms with Gasteiger partial charge in [0.2, 0.25) is 0 Å². The molecule has 0 aliphatic heterocycles. The lowest BCUT2D eigenvalue weighted by atomic mass is 9.87. The summed E-state index contributed by atoms with van der Waals surface area (Å²) in [5.74, 6) is 0.890. The van der Waals surface area contributed by atoms with Gasteiger partial charge >= 0.3 is 0 Å². The molecule has 4 heteroatoms. The highest BCUT2D eigenvalue weighted by molar-refractivity contribution is 4.94. The topological polar surface area (TPSA) is 47.7 Å². The summed E-state index contributed by atoms with van der Waals surface area (Å²) in [4.78, 5) is 2.59. The second kappa shape index (κ2) is 10.5. The van der Waals surface area contributed by atoms with E-state index in [0.717, 1.165) is 45.2 Å². The molecule has 1 aliphatic rings. The Labute approximate surface area is 131 Å². The first kappa shape index (κ1) is 18.9. The van der Waals surface area contributed by atoms with Crippen LogP contribution in [0.25, 0.3) is 0 Å². The molecule has 1 aliphatic carbocycles. The molecule has 1 rings (SSSR count). The summed E-state index contributed by atoms with van der Waals surface area (Å²) in [5.41, 5.74) is 6.43. The van der Waals surface area contributed by atoms with E-state index in [-0.39, 0.29) is 5.54 Å². The molecule has 1 fully saturated rings. The van der Waals surface area contributed by atoms with Crippen molar-refractivity contribution in [2.24, 2.45) is 11.7 Å². The van der Waals surface area contributed by atoms with E-state index < -0.39 is 0 Å². The van der Waals surface area contributed by atoms with Crippen LogP contribution in [0, 0.1) is 5.92 Å². The van der Waals surface area contributed by atoms with E-state index in [9.17, 15) is 0 Å². The number of hydrogen-bond donors (Lipinski definition) is 1. The molecule has 1 saturated carbocycles. The Morgan fingerprint density at radius 3 is 2.48 bits per heavy atom. The SMILES string of the molecule is CCC1CCCC(CN)(N(CCCOC)CCOC)CC1. The summed E-state index contributed by atoms with van der Waals surface area (Å²) >= 11 is 0. The lowest BCUT2D eigenvalue weighted by Crippen LogP contribution is -2.55. The molecular weight excluding hydrogens is 264 g/mol. The fraction of sp³-hybridized carbons (Fsp3) is 1.00. The third kappa shape index (κ3) is 5.85. The van der Waals surface area contributed by atoms with E-state index in [2.05, 4.69) is 11.8 Å². The second-order valence-electron chi connectivity index (χ2n) is 6.46. The fourth-order valence-corrected chi connectivity index (χ4v) is 3.71. The predicted molar refractivity (Wildman–Crippen MR) is 88.6 cm³/mol. The Morgan fingerprint density at radius 1 is 1.10 bits per heavy atom. The zero-order valence-electron chi connectivity index (χ0n) is 14.4. The molecule has 0 aromatic rings. The molecule has 2 N–H and O–H groups in total. The largest absolute Gasteiger partial charge is 0.385 e. The average Bonchev–Trinajstić information content (AvgIpc) is 2.73. The van der Waals surface area contributed by atoms with Gasteiger partial charge in [-0.1, -0.05) is 26.2 Å². The van der Waals surface area contributed by atoms with Crippen molar-refractivity contribution in [1.29, 1.82) is 0 Å². The lowest BCUT2D eigenvalue weighted by Gasteiger charge is -2.43. The van der Waals surface area contributed by atoms with Gasteiger partial charge in [-0.2, -0.15) is 0 Å². The van der Waals surface area contributed by atoms with Crippen LogP contribution in [-0.2, 0) is 9.47 Å². The molecular formula is C17H36N2O2. The average molecular weight is 300 g/mol. The maximum atomic E-state index is 6.26. The quantitative estimate of drug-likeness (QED) is 0.498. The fourth-order valence-electron chi connectivity index (χ4n) is 3.71. The van der Waals surface area contributed by atoms with Crippen LogP contribution in [0.15, 0.2) is 0 Å². The lowest BCUT2D eigenvalue weighted by molar-refractivity contribution is 0.0404. The molecule has 2 unspecified atom stereocenters. The standard InChI is InChI=1S/C17H36N2O2/c1-4-16-7-5-9-17(15-18,10-8-16)19(12-14-21-3)11-6-13-20-2/h16H,4-15,18H2,1-3H3. The van der Waals surface area contributed by atoms with Crippen molar-refractivity contribution < 1.29 is 9.47 Å². The highest BCUT2D eigenvalue weighted by atomic mass is 16.5. The first-order valence-electron chi connectivity index (χ1n) is 8.65. The third-order valence-corrected chi connectivity index (χ3v) is 5.24. The van der Waals surface area contributed by atoms with Crippen LogP contribution in [0.1, 0.15) is 51.9 Å². The first-order valence-corrected chi connectivity index (χ1v) is 8.65. The van der Waals surface area contributed by atoms with Crippen LogP contribution in [-0.4, -0.2) is 57.5 Å². The van der Waals surface area contributed by atoms with Gasteiger partial charge in [-0.3, -0.25) is 4.90 Å². The minimum Gasteiger partial charge on any atom is -0.385 e. The molecule has 4 nitrogen and oxygen atoms in total. The van der Waals surface area contributed by atoms with Crippen molar-refractivity contribution in [2.75, 3.05) is 47.1 Å². The van der Waals surface area contributed by atoms with Crippen LogP contribution in [0.5, 0.6) is 0 Å². The molecule has 0 spiro atoms. The Morgan fingerprint density at radius 2 is 1.86 bits per heavy atom. The monoisotopic (exact) mass is 300 g/mol. The Kier molecular flexibility index (Phi) is 9.49. The molecule has 0 aromatic heterocycles. The van der Waals surface area contributed by atoms with Crippen molar-refractivity contribution >= 4 is 0 Å². The molecule has 0 aromatic carbocycles. The van der Waals surface area contributed by atoms with Crippen LogP contribution < -0.4 is 5.73 Å². The zero-order valence-corrected chi connectivity index (χ0v) is 14.4. The number of methoxy groups -OCH3 is 2. The van der Waals surface area contributed by atoms with Crippen LogP contribution >= 0.6 is 0 Å². The van der Waals surface area contributed by atoms with Crippen molar-refractivity contribution in [3.63, 3.8) is 0 Å². The molecule has 0 bridgehead atoms. The number of nitrogens with zero attached hydrogens (tertiary/aromatic N) is 1. The van der Waals surface area contributed by atoms with Gasteiger partial charge in [-0.25, -0.2) is 0 Å². The van der Waals surface area contributed by atoms with Gasteiger partial charge in [0.1, 0.15) is 0 Å². The number of ether oxygens (including phenoxy) is 2. The normalized spacial score (nSPS) is 27.0. The maximum Gasteiger partial charge on any atom is 0.0589 e. The third-order valence-electron chi connectivity index (χ3n) is 5.24. The van der Waals surface area contributed by atoms with Gasteiger partial charge in [-0.15, -0.1) is 0 Å². The minimum atomic E-state index is 0.177. The Hall–Kier alpha value is -0.160. The van der Waals surface area contributed by atoms with E-state index in [1.54, 1.807) is 14.2 Å². The number of nitrogens with two attached hydrogens (primary N) is 1. The predicted octanol–water partition coefficient (Wildman–Crippen LogP) is 2.66. The number of rotatable bonds is 10.